The second-order valence-corrected chi connectivity index (χ2v) is 10.0. The summed E-state index contributed by atoms with van der Waals surface area (Å²) >= 11 is 0. The Morgan fingerprint density at radius 2 is 1.02 bits per heavy atom. The zero-order valence-electron chi connectivity index (χ0n) is 21.4. The number of likely N-dealkylation sites (N-methyl/N-ethyl adjacent to an activating group) is 1. The van der Waals surface area contributed by atoms with Crippen molar-refractivity contribution < 1.29 is 98.6 Å². The molecule has 1 unspecified atom stereocenters. The summed E-state index contributed by atoms with van der Waals surface area (Å²) < 4.78 is 230. The van der Waals surface area contributed by atoms with Crippen molar-refractivity contribution >= 4 is 11.9 Å². The molecule has 0 aromatic heterocycles. The zero-order chi connectivity index (χ0) is 34.2. The first kappa shape index (κ1) is 39.7. The van der Waals surface area contributed by atoms with Crippen LogP contribution in [0.15, 0.2) is 0 Å². The third kappa shape index (κ3) is 7.61. The number of alkyl halides is 17. The number of halogens is 17. The first-order valence-electron chi connectivity index (χ1n) is 11.1. The Bertz CT molecular complexity index is 957. The van der Waals surface area contributed by atoms with Gasteiger partial charge in [-0.1, -0.05) is 0 Å². The van der Waals surface area contributed by atoms with Crippen LogP contribution >= 0.6 is 0 Å². The third-order valence-corrected chi connectivity index (χ3v) is 5.36. The van der Waals surface area contributed by atoms with E-state index in [0.29, 0.717) is 0 Å². The van der Waals surface area contributed by atoms with E-state index in [9.17, 15) is 84.2 Å². The Labute approximate surface area is 225 Å². The summed E-state index contributed by atoms with van der Waals surface area (Å²) in [4.78, 5) is 22.7. The van der Waals surface area contributed by atoms with Gasteiger partial charge in [0.2, 0.25) is 0 Å². The van der Waals surface area contributed by atoms with Crippen molar-refractivity contribution in [3.05, 3.63) is 0 Å². The molecule has 0 aromatic carbocycles. The molecule has 22 heteroatoms. The molecule has 0 aliphatic carbocycles. The van der Waals surface area contributed by atoms with Crippen LogP contribution in [-0.4, -0.2) is 103 Å². The number of ether oxygens (including phenoxy) is 1. The Balaban J connectivity index is 5.82. The van der Waals surface area contributed by atoms with Gasteiger partial charge in [-0.3, -0.25) is 9.59 Å². The maximum Gasteiger partial charge on any atom is 0.460 e. The number of quaternary nitrogens is 1. The van der Waals surface area contributed by atoms with Gasteiger partial charge >= 0.3 is 59.6 Å². The number of carboxylic acid groups (broad SMARTS) is 1. The lowest BCUT2D eigenvalue weighted by atomic mass is 9.88. The van der Waals surface area contributed by atoms with Gasteiger partial charge in [0.05, 0.1) is 27.6 Å². The second-order valence-electron chi connectivity index (χ2n) is 10.0. The minimum Gasteiger partial charge on any atom is -0.481 e. The summed E-state index contributed by atoms with van der Waals surface area (Å²) in [7, 11) is 4.59. The van der Waals surface area contributed by atoms with Crippen molar-refractivity contribution in [3.63, 3.8) is 0 Å². The highest BCUT2D eigenvalue weighted by Gasteiger charge is 2.95. The molecular weight excluding hydrogens is 641 g/mol. The molecular formula is C20H23F17NO4+. The van der Waals surface area contributed by atoms with Crippen LogP contribution in [-0.2, 0) is 14.3 Å². The van der Waals surface area contributed by atoms with Gasteiger partial charge in [-0.25, -0.2) is 0 Å². The average molecular weight is 664 g/mol. The largest absolute Gasteiger partial charge is 0.481 e. The fraction of sp³-hybridized carbons (Fsp3) is 0.900. The van der Waals surface area contributed by atoms with Gasteiger partial charge in [-0.05, 0) is 12.8 Å². The van der Waals surface area contributed by atoms with Crippen molar-refractivity contribution in [2.24, 2.45) is 0 Å². The van der Waals surface area contributed by atoms with Crippen LogP contribution in [0.4, 0.5) is 74.6 Å². The fourth-order valence-electron chi connectivity index (χ4n) is 3.16. The minimum absolute atomic E-state index is 0.0319. The SMILES string of the molecule is C[N+](C)(C)CC(CC(=O)O)OC(=O)CCCCC(F)(F)C(F)(F)C(F)(F)C(F)(F)C(F)(F)C(F)(F)C(F)(F)C(F)(F)F. The van der Waals surface area contributed by atoms with Gasteiger partial charge in [0.1, 0.15) is 6.54 Å². The van der Waals surface area contributed by atoms with Crippen LogP contribution < -0.4 is 0 Å². The molecule has 0 radical (unpaired) electrons. The summed E-state index contributed by atoms with van der Waals surface area (Å²) in [6, 6.07) is 0. The van der Waals surface area contributed by atoms with Gasteiger partial charge in [0, 0.05) is 12.8 Å². The van der Waals surface area contributed by atoms with Crippen LogP contribution in [0.1, 0.15) is 32.1 Å². The van der Waals surface area contributed by atoms with Crippen LogP contribution in [0, 0.1) is 0 Å². The van der Waals surface area contributed by atoms with Crippen LogP contribution in [0.3, 0.4) is 0 Å². The van der Waals surface area contributed by atoms with E-state index in [1.165, 1.54) is 21.1 Å². The van der Waals surface area contributed by atoms with Crippen molar-refractivity contribution in [1.29, 1.82) is 0 Å². The van der Waals surface area contributed by atoms with E-state index >= 15 is 0 Å². The lowest BCUT2D eigenvalue weighted by Gasteiger charge is -2.42. The topological polar surface area (TPSA) is 63.6 Å². The van der Waals surface area contributed by atoms with Crippen molar-refractivity contribution in [1.82, 2.24) is 0 Å². The molecule has 0 fully saturated rings. The van der Waals surface area contributed by atoms with Gasteiger partial charge in [0.15, 0.2) is 6.10 Å². The molecule has 0 amide bonds. The van der Waals surface area contributed by atoms with Gasteiger partial charge in [0.25, 0.3) is 0 Å². The monoisotopic (exact) mass is 664 g/mol. The van der Waals surface area contributed by atoms with Crippen molar-refractivity contribution in [2.45, 2.75) is 85.8 Å². The Hall–Kier alpha value is -2.29. The number of aliphatic carboxylic acids is 1. The molecule has 0 heterocycles. The van der Waals surface area contributed by atoms with Gasteiger partial charge in [-0.15, -0.1) is 0 Å². The number of unbranched alkanes of at least 4 members (excludes halogenated alkanes) is 1. The molecule has 0 spiro atoms. The average Bonchev–Trinajstić information content (AvgIpc) is 2.73. The third-order valence-electron chi connectivity index (χ3n) is 5.36. The van der Waals surface area contributed by atoms with E-state index in [2.05, 4.69) is 0 Å². The van der Waals surface area contributed by atoms with Crippen LogP contribution in [0.5, 0.6) is 0 Å². The summed E-state index contributed by atoms with van der Waals surface area (Å²) in [5.41, 5.74) is 0. The van der Waals surface area contributed by atoms with Gasteiger partial charge in [-0.2, -0.15) is 74.6 Å². The number of carbonyl (C=O) groups is 2. The van der Waals surface area contributed by atoms with Crippen molar-refractivity contribution in [2.75, 3.05) is 27.7 Å². The smallest absolute Gasteiger partial charge is 0.460 e. The Morgan fingerprint density at radius 1 is 0.643 bits per heavy atom. The molecule has 0 bridgehead atoms. The molecule has 0 saturated heterocycles. The maximum atomic E-state index is 13.9. The van der Waals surface area contributed by atoms with E-state index in [4.69, 9.17) is 9.84 Å². The fourth-order valence-corrected chi connectivity index (χ4v) is 3.16. The second kappa shape index (κ2) is 12.0. The highest BCUT2D eigenvalue weighted by atomic mass is 19.4. The van der Waals surface area contributed by atoms with E-state index in [0.717, 1.165) is 0 Å². The molecule has 250 valence electrons. The Kier molecular flexibility index (Phi) is 11.4. The first-order chi connectivity index (χ1) is 18.1. The normalized spacial score (nSPS) is 15.9. The van der Waals surface area contributed by atoms with Gasteiger partial charge < -0.3 is 14.3 Å². The predicted octanol–water partition coefficient (Wildman–Crippen LogP) is 6.65. The van der Waals surface area contributed by atoms with Crippen molar-refractivity contribution in [3.8, 4) is 0 Å². The lowest BCUT2D eigenvalue weighted by molar-refractivity contribution is -0.873. The van der Waals surface area contributed by atoms with E-state index in [-0.39, 0.29) is 11.0 Å². The molecule has 0 aliphatic rings. The predicted molar refractivity (Wildman–Crippen MR) is 104 cm³/mol. The molecule has 5 nitrogen and oxygen atoms in total. The summed E-state index contributed by atoms with van der Waals surface area (Å²) in [6.45, 7) is -0.121. The zero-order valence-corrected chi connectivity index (χ0v) is 21.4. The van der Waals surface area contributed by atoms with E-state index in [1.807, 2.05) is 0 Å². The van der Waals surface area contributed by atoms with E-state index < -0.39 is 97.8 Å². The quantitative estimate of drug-likeness (QED) is 0.0870. The van der Waals surface area contributed by atoms with Crippen LogP contribution in [0.2, 0.25) is 0 Å². The molecule has 1 atom stereocenters. The molecule has 0 aliphatic heterocycles. The molecule has 42 heavy (non-hydrogen) atoms. The summed E-state index contributed by atoms with van der Waals surface area (Å²) in [5, 5.41) is 8.82. The maximum absolute atomic E-state index is 13.9. The summed E-state index contributed by atoms with van der Waals surface area (Å²) in [5.74, 6) is -59.6. The first-order valence-corrected chi connectivity index (χ1v) is 11.1. The molecule has 0 saturated carbocycles. The number of nitrogens with zero attached hydrogens (tertiary/aromatic N) is 1. The van der Waals surface area contributed by atoms with Crippen LogP contribution in [0.25, 0.3) is 0 Å². The number of hydrogen-bond donors (Lipinski definition) is 1. The molecule has 0 aromatic rings. The summed E-state index contributed by atoms with van der Waals surface area (Å²) in [6.07, 6.45) is -16.0. The highest BCUT2D eigenvalue weighted by Crippen LogP contribution is 2.64. The lowest BCUT2D eigenvalue weighted by Crippen LogP contribution is -2.74. The number of carboxylic acids is 1. The standard InChI is InChI=1S/C20H22F17NO4/c1-38(2,3)9-10(8-11(39)40)42-12(41)6-4-5-7-13(21,22)14(23,24)15(25,26)16(27,28)17(29,30)18(31,32)19(33,34)20(35,36)37/h10H,4-9H2,1-3H3/p+1. The Morgan fingerprint density at radius 3 is 1.38 bits per heavy atom. The highest BCUT2D eigenvalue weighted by molar-refractivity contribution is 5.71. The number of hydrogen-bond acceptors (Lipinski definition) is 3. The number of esters is 1. The number of rotatable bonds is 16. The molecule has 0 rings (SSSR count). The number of carbonyl (C=O) groups excluding carboxylic acids is 1. The molecule has 1 N–H and O–H groups in total. The van der Waals surface area contributed by atoms with E-state index in [1.54, 1.807) is 0 Å². The minimum atomic E-state index is -8.69.